The lowest BCUT2D eigenvalue weighted by Crippen LogP contribution is -2.25. The molecule has 0 aliphatic rings. The Kier molecular flexibility index (Phi) is 4.93. The second-order valence-electron chi connectivity index (χ2n) is 4.83. The topological polar surface area (TPSA) is 48.3 Å². The number of pyridine rings is 1. The lowest BCUT2D eigenvalue weighted by atomic mass is 10.1. The van der Waals surface area contributed by atoms with Crippen molar-refractivity contribution < 1.29 is 9.53 Å². The Morgan fingerprint density at radius 3 is 2.71 bits per heavy atom. The number of rotatable bonds is 6. The van der Waals surface area contributed by atoms with Gasteiger partial charge >= 0.3 is 0 Å². The van der Waals surface area contributed by atoms with Crippen molar-refractivity contribution in [3.63, 3.8) is 0 Å². The van der Waals surface area contributed by atoms with Crippen LogP contribution in [0.1, 0.15) is 30.1 Å². The highest BCUT2D eigenvalue weighted by Crippen LogP contribution is 2.23. The van der Waals surface area contributed by atoms with Gasteiger partial charge in [0.25, 0.3) is 5.56 Å². The molecular formula is C17H19NO3. The lowest BCUT2D eigenvalue weighted by molar-refractivity contribution is 0.112. The SMILES string of the molecule is CCCCn1c(-c2cccc(OC)c2)ccc(C=O)c1=O. The molecule has 0 unspecified atom stereocenters. The first kappa shape index (κ1) is 15.0. The Balaban J connectivity index is 2.58. The number of carbonyl (C=O) groups is 1. The molecule has 0 amide bonds. The van der Waals surface area contributed by atoms with Crippen LogP contribution >= 0.6 is 0 Å². The molecule has 2 aromatic rings. The number of ether oxygens (including phenoxy) is 1. The van der Waals surface area contributed by atoms with E-state index in [1.807, 2.05) is 30.3 Å². The third kappa shape index (κ3) is 3.21. The Morgan fingerprint density at radius 1 is 1.24 bits per heavy atom. The summed E-state index contributed by atoms with van der Waals surface area (Å²) >= 11 is 0. The van der Waals surface area contributed by atoms with Crippen LogP contribution < -0.4 is 10.3 Å². The zero-order chi connectivity index (χ0) is 15.2. The number of hydrogen-bond donors (Lipinski definition) is 0. The van der Waals surface area contributed by atoms with E-state index in [1.54, 1.807) is 17.7 Å². The summed E-state index contributed by atoms with van der Waals surface area (Å²) in [5.41, 5.74) is 1.66. The summed E-state index contributed by atoms with van der Waals surface area (Å²) in [6.07, 6.45) is 2.48. The third-order valence-corrected chi connectivity index (χ3v) is 3.43. The predicted octanol–water partition coefficient (Wildman–Crippen LogP) is 3.14. The number of carbonyl (C=O) groups excluding carboxylic acids is 1. The standard InChI is InChI=1S/C17H19NO3/c1-3-4-10-18-16(9-8-14(12-19)17(18)20)13-6-5-7-15(11-13)21-2/h5-9,11-12H,3-4,10H2,1-2H3. The van der Waals surface area contributed by atoms with Crippen molar-refractivity contribution in [3.8, 4) is 17.0 Å². The highest BCUT2D eigenvalue weighted by Gasteiger charge is 2.10. The Morgan fingerprint density at radius 2 is 2.05 bits per heavy atom. The number of hydrogen-bond acceptors (Lipinski definition) is 3. The number of aromatic nitrogens is 1. The van der Waals surface area contributed by atoms with Gasteiger partial charge in [0.05, 0.1) is 18.4 Å². The molecule has 0 saturated heterocycles. The van der Waals surface area contributed by atoms with Crippen molar-refractivity contribution in [3.05, 3.63) is 52.3 Å². The first-order valence-corrected chi connectivity index (χ1v) is 7.04. The maximum absolute atomic E-state index is 12.4. The maximum Gasteiger partial charge on any atom is 0.261 e. The largest absolute Gasteiger partial charge is 0.497 e. The number of nitrogens with zero attached hydrogens (tertiary/aromatic N) is 1. The van der Waals surface area contributed by atoms with E-state index in [0.29, 0.717) is 12.8 Å². The van der Waals surface area contributed by atoms with E-state index in [1.165, 1.54) is 0 Å². The van der Waals surface area contributed by atoms with E-state index in [0.717, 1.165) is 29.8 Å². The van der Waals surface area contributed by atoms with E-state index < -0.39 is 0 Å². The van der Waals surface area contributed by atoms with Crippen LogP contribution in [0.5, 0.6) is 5.75 Å². The first-order valence-electron chi connectivity index (χ1n) is 7.04. The molecule has 1 heterocycles. The van der Waals surface area contributed by atoms with Crippen molar-refractivity contribution >= 4 is 6.29 Å². The average molecular weight is 285 g/mol. The summed E-state index contributed by atoms with van der Waals surface area (Å²) in [5.74, 6) is 0.737. The summed E-state index contributed by atoms with van der Waals surface area (Å²) in [4.78, 5) is 23.3. The smallest absolute Gasteiger partial charge is 0.261 e. The summed E-state index contributed by atoms with van der Waals surface area (Å²) in [6, 6.07) is 11.0. The first-order chi connectivity index (χ1) is 10.2. The van der Waals surface area contributed by atoms with E-state index >= 15 is 0 Å². The summed E-state index contributed by atoms with van der Waals surface area (Å²) in [6.45, 7) is 2.67. The van der Waals surface area contributed by atoms with Crippen molar-refractivity contribution in [1.82, 2.24) is 4.57 Å². The second kappa shape index (κ2) is 6.88. The van der Waals surface area contributed by atoms with Gasteiger partial charge in [-0.05, 0) is 30.7 Å². The highest BCUT2D eigenvalue weighted by atomic mass is 16.5. The van der Waals surface area contributed by atoms with Gasteiger partial charge in [-0.25, -0.2) is 0 Å². The van der Waals surface area contributed by atoms with Gasteiger partial charge in [0, 0.05) is 12.1 Å². The van der Waals surface area contributed by atoms with Crippen LogP contribution in [0.3, 0.4) is 0 Å². The minimum atomic E-state index is -0.237. The maximum atomic E-state index is 12.4. The minimum absolute atomic E-state index is 0.192. The second-order valence-corrected chi connectivity index (χ2v) is 4.83. The van der Waals surface area contributed by atoms with Gasteiger partial charge in [-0.1, -0.05) is 25.5 Å². The molecule has 0 aliphatic heterocycles. The zero-order valence-corrected chi connectivity index (χ0v) is 12.3. The van der Waals surface area contributed by atoms with E-state index in [2.05, 4.69) is 6.92 Å². The monoisotopic (exact) mass is 285 g/mol. The zero-order valence-electron chi connectivity index (χ0n) is 12.3. The fourth-order valence-corrected chi connectivity index (χ4v) is 2.26. The van der Waals surface area contributed by atoms with Crippen LogP contribution in [0.25, 0.3) is 11.3 Å². The van der Waals surface area contributed by atoms with E-state index in [4.69, 9.17) is 4.74 Å². The number of methoxy groups -OCH3 is 1. The molecule has 0 bridgehead atoms. The van der Waals surface area contributed by atoms with E-state index in [-0.39, 0.29) is 11.1 Å². The number of unbranched alkanes of at least 4 members (excludes halogenated alkanes) is 1. The third-order valence-electron chi connectivity index (χ3n) is 3.43. The van der Waals surface area contributed by atoms with Gasteiger partial charge in [0.2, 0.25) is 0 Å². The quantitative estimate of drug-likeness (QED) is 0.766. The molecule has 4 heteroatoms. The van der Waals surface area contributed by atoms with Gasteiger partial charge < -0.3 is 9.30 Å². The van der Waals surface area contributed by atoms with E-state index in [9.17, 15) is 9.59 Å². The molecule has 0 spiro atoms. The fraction of sp³-hybridized carbons (Fsp3) is 0.294. The summed E-state index contributed by atoms with van der Waals surface area (Å²) < 4.78 is 6.90. The molecule has 1 aromatic heterocycles. The molecule has 0 atom stereocenters. The molecule has 110 valence electrons. The van der Waals surface area contributed by atoms with Crippen molar-refractivity contribution in [2.75, 3.05) is 7.11 Å². The van der Waals surface area contributed by atoms with Crippen molar-refractivity contribution in [2.24, 2.45) is 0 Å². The molecular weight excluding hydrogens is 266 g/mol. The molecule has 2 rings (SSSR count). The van der Waals surface area contributed by atoms with Gasteiger partial charge in [-0.2, -0.15) is 0 Å². The molecule has 21 heavy (non-hydrogen) atoms. The van der Waals surface area contributed by atoms with Crippen LogP contribution in [0, 0.1) is 0 Å². The van der Waals surface area contributed by atoms with Crippen LogP contribution in [-0.2, 0) is 6.54 Å². The number of aldehydes is 1. The normalized spacial score (nSPS) is 10.4. The fourth-order valence-electron chi connectivity index (χ4n) is 2.26. The molecule has 4 nitrogen and oxygen atoms in total. The molecule has 0 fully saturated rings. The van der Waals surface area contributed by atoms with Crippen LogP contribution in [0.4, 0.5) is 0 Å². The van der Waals surface area contributed by atoms with Crippen LogP contribution in [0.2, 0.25) is 0 Å². The lowest BCUT2D eigenvalue weighted by Gasteiger charge is -2.14. The van der Waals surface area contributed by atoms with Gasteiger partial charge in [-0.15, -0.1) is 0 Å². The Labute approximate surface area is 124 Å². The Hall–Kier alpha value is -2.36. The predicted molar refractivity (Wildman–Crippen MR) is 83.0 cm³/mol. The molecule has 0 aliphatic carbocycles. The van der Waals surface area contributed by atoms with Gasteiger partial charge in [0.15, 0.2) is 6.29 Å². The summed E-state index contributed by atoms with van der Waals surface area (Å²) in [7, 11) is 1.61. The number of benzene rings is 1. The summed E-state index contributed by atoms with van der Waals surface area (Å²) in [5, 5.41) is 0. The molecule has 0 saturated carbocycles. The molecule has 0 radical (unpaired) electrons. The molecule has 0 N–H and O–H groups in total. The van der Waals surface area contributed by atoms with Gasteiger partial charge in [0.1, 0.15) is 5.75 Å². The Bertz CT molecular complexity index is 689. The van der Waals surface area contributed by atoms with Crippen LogP contribution in [-0.4, -0.2) is 18.0 Å². The van der Waals surface area contributed by atoms with Crippen molar-refractivity contribution in [2.45, 2.75) is 26.3 Å². The highest BCUT2D eigenvalue weighted by molar-refractivity contribution is 5.75. The van der Waals surface area contributed by atoms with Crippen LogP contribution in [0.15, 0.2) is 41.2 Å². The molecule has 1 aromatic carbocycles. The van der Waals surface area contributed by atoms with Crippen molar-refractivity contribution in [1.29, 1.82) is 0 Å². The minimum Gasteiger partial charge on any atom is -0.497 e. The van der Waals surface area contributed by atoms with Gasteiger partial charge in [-0.3, -0.25) is 9.59 Å². The average Bonchev–Trinajstić information content (AvgIpc) is 2.53.